The van der Waals surface area contributed by atoms with Crippen LogP contribution in [0.2, 0.25) is 5.02 Å². The second kappa shape index (κ2) is 14.4. The van der Waals surface area contributed by atoms with Crippen molar-refractivity contribution in [2.24, 2.45) is 13.0 Å². The maximum absolute atomic E-state index is 15.7. The summed E-state index contributed by atoms with van der Waals surface area (Å²) in [6, 6.07) is 7.82. The van der Waals surface area contributed by atoms with E-state index in [0.29, 0.717) is 22.7 Å². The van der Waals surface area contributed by atoms with E-state index in [1.54, 1.807) is 19.2 Å². The molecule has 0 unspecified atom stereocenters. The van der Waals surface area contributed by atoms with Gasteiger partial charge in [-0.1, -0.05) is 23.6 Å². The Bertz CT molecular complexity index is 2700. The molecule has 0 aliphatic heterocycles. The fraction of sp³-hybridized carbons (Fsp3) is 0.359. The summed E-state index contributed by atoms with van der Waals surface area (Å²) in [6.07, 6.45) is 0.846. The average molecular weight is 841 g/mol. The number of amides is 2. The molecule has 2 aliphatic rings. The van der Waals surface area contributed by atoms with Crippen molar-refractivity contribution < 1.29 is 40.7 Å². The SMILES string of the molecule is CN(C)C(=O)c1nn(CC(=O)N[C@@H](Cc2cc(F)cc(F)c2)c2nc(C#CC(C)(C)O)ccc2-c2ccc(Cl)c3c(NS(C)(=O)=O)nn(C)c23)c2c1[C@H]1C[C@H]1C2(F)F. The first kappa shape index (κ1) is 40.7. The van der Waals surface area contributed by atoms with Crippen molar-refractivity contribution in [1.29, 1.82) is 0 Å². The van der Waals surface area contributed by atoms with Gasteiger partial charge in [-0.25, -0.2) is 22.2 Å². The molecule has 0 radical (unpaired) electrons. The molecule has 3 N–H and O–H groups in total. The van der Waals surface area contributed by atoms with E-state index in [-0.39, 0.29) is 57.3 Å². The number of fused-ring (bicyclic) bond motifs is 4. The highest BCUT2D eigenvalue weighted by Crippen LogP contribution is 2.67. The number of aliphatic hydroxyl groups is 1. The molecule has 5 aromatic rings. The third kappa shape index (κ3) is 7.85. The lowest BCUT2D eigenvalue weighted by Crippen LogP contribution is -2.35. The molecule has 1 fully saturated rings. The van der Waals surface area contributed by atoms with Crippen LogP contribution < -0.4 is 10.0 Å². The zero-order valence-corrected chi connectivity index (χ0v) is 33.5. The van der Waals surface area contributed by atoms with Crippen LogP contribution in [0.1, 0.15) is 70.9 Å². The van der Waals surface area contributed by atoms with Gasteiger partial charge >= 0.3 is 0 Å². The molecular formula is C39H37ClF4N8O5S. The Morgan fingerprint density at radius 2 is 1.78 bits per heavy atom. The Balaban J connectivity index is 1.39. The standard InChI is InChI=1S/C39H37ClF4N8O5S/c1-38(2,55)12-11-22-7-8-23(24-9-10-27(40)31-34(24)51(5)48-36(31)49-58(6,56)57)32(45-22)28(15-19-13-20(41)16-21(42)14-19)46-29(53)18-52-35-30(25-17-26(25)39(35,43)44)33(47-52)37(54)50(3)4/h7-10,13-14,16,25-26,28,55H,15,17-18H2,1-6H3,(H,46,53)(H,48,49)/t25-,26+,28-/m0/s1. The minimum atomic E-state index is -3.81. The molecule has 1 saturated carbocycles. The summed E-state index contributed by atoms with van der Waals surface area (Å²) < 4.78 is 89.7. The fourth-order valence-electron chi connectivity index (χ4n) is 7.41. The number of benzene rings is 2. The van der Waals surface area contributed by atoms with Crippen molar-refractivity contribution in [2.75, 3.05) is 25.1 Å². The van der Waals surface area contributed by atoms with E-state index in [1.807, 2.05) is 0 Å². The first-order chi connectivity index (χ1) is 27.0. The summed E-state index contributed by atoms with van der Waals surface area (Å²) in [7, 11) is 0.669. The zero-order valence-electron chi connectivity index (χ0n) is 32.0. The summed E-state index contributed by atoms with van der Waals surface area (Å²) in [4.78, 5) is 33.2. The number of aromatic nitrogens is 5. The smallest absolute Gasteiger partial charge is 0.293 e. The first-order valence-corrected chi connectivity index (χ1v) is 20.1. The fourth-order valence-corrected chi connectivity index (χ4v) is 8.14. The van der Waals surface area contributed by atoms with Gasteiger partial charge in [0.1, 0.15) is 35.2 Å². The lowest BCUT2D eigenvalue weighted by atomic mass is 9.93. The molecule has 7 rings (SSSR count). The van der Waals surface area contributed by atoms with Crippen LogP contribution in [0.5, 0.6) is 0 Å². The highest BCUT2D eigenvalue weighted by atomic mass is 35.5. The van der Waals surface area contributed by atoms with Crippen molar-refractivity contribution >= 4 is 50.2 Å². The summed E-state index contributed by atoms with van der Waals surface area (Å²) in [6.45, 7) is 2.16. The number of rotatable bonds is 10. The monoisotopic (exact) mass is 840 g/mol. The van der Waals surface area contributed by atoms with E-state index in [2.05, 4.69) is 32.1 Å². The molecule has 58 heavy (non-hydrogen) atoms. The van der Waals surface area contributed by atoms with Gasteiger partial charge in [-0.2, -0.15) is 19.0 Å². The Hall–Kier alpha value is -5.51. The van der Waals surface area contributed by atoms with Crippen LogP contribution in [0.4, 0.5) is 23.4 Å². The molecule has 2 aromatic carbocycles. The van der Waals surface area contributed by atoms with Gasteiger partial charge in [0.15, 0.2) is 11.5 Å². The Kier molecular flexibility index (Phi) is 10.1. The first-order valence-electron chi connectivity index (χ1n) is 17.9. The number of sulfonamides is 1. The van der Waals surface area contributed by atoms with Crippen LogP contribution in [0.15, 0.2) is 42.5 Å². The number of anilines is 1. The van der Waals surface area contributed by atoms with Gasteiger partial charge in [0.2, 0.25) is 15.9 Å². The number of nitrogens with one attached hydrogen (secondary N) is 2. The third-order valence-electron chi connectivity index (χ3n) is 9.79. The third-order valence-corrected chi connectivity index (χ3v) is 10.7. The van der Waals surface area contributed by atoms with Crippen LogP contribution in [-0.4, -0.2) is 80.7 Å². The van der Waals surface area contributed by atoms with Crippen LogP contribution in [0.25, 0.3) is 22.0 Å². The predicted octanol–water partition coefficient (Wildman–Crippen LogP) is 5.27. The van der Waals surface area contributed by atoms with E-state index >= 15 is 8.78 Å². The molecule has 19 heteroatoms. The molecular weight excluding hydrogens is 804 g/mol. The Morgan fingerprint density at radius 1 is 1.10 bits per heavy atom. The lowest BCUT2D eigenvalue weighted by molar-refractivity contribution is -0.122. The lowest BCUT2D eigenvalue weighted by Gasteiger charge is -2.23. The topological polar surface area (TPSA) is 164 Å². The quantitative estimate of drug-likeness (QED) is 0.127. The summed E-state index contributed by atoms with van der Waals surface area (Å²) in [5, 5.41) is 22.1. The van der Waals surface area contributed by atoms with Gasteiger partial charge in [0.25, 0.3) is 11.8 Å². The maximum Gasteiger partial charge on any atom is 0.293 e. The second-order valence-electron chi connectivity index (χ2n) is 15.2. The molecule has 3 atom stereocenters. The van der Waals surface area contributed by atoms with Crippen LogP contribution >= 0.6 is 11.6 Å². The number of nitrogens with zero attached hydrogens (tertiary/aromatic N) is 6. The van der Waals surface area contributed by atoms with E-state index < -0.39 is 75.1 Å². The summed E-state index contributed by atoms with van der Waals surface area (Å²) >= 11 is 6.61. The molecule has 0 spiro atoms. The number of hydrogen-bond acceptors (Lipinski definition) is 8. The number of carbonyl (C=O) groups excluding carboxylic acids is 2. The van der Waals surface area contributed by atoms with Gasteiger partial charge in [0, 0.05) is 49.8 Å². The molecule has 2 amide bonds. The molecule has 3 heterocycles. The van der Waals surface area contributed by atoms with Crippen LogP contribution in [-0.2, 0) is 40.8 Å². The molecule has 3 aromatic heterocycles. The maximum atomic E-state index is 15.7. The van der Waals surface area contributed by atoms with Crippen molar-refractivity contribution in [3.05, 3.63) is 93.0 Å². The van der Waals surface area contributed by atoms with Crippen molar-refractivity contribution in [2.45, 2.75) is 56.7 Å². The number of carbonyl (C=O) groups is 2. The highest BCUT2D eigenvalue weighted by molar-refractivity contribution is 7.92. The van der Waals surface area contributed by atoms with E-state index in [0.717, 1.165) is 23.1 Å². The van der Waals surface area contributed by atoms with Gasteiger partial charge in [-0.3, -0.25) is 23.7 Å². The molecule has 0 bridgehead atoms. The number of pyridine rings is 1. The normalized spacial score (nSPS) is 17.2. The summed E-state index contributed by atoms with van der Waals surface area (Å²) in [5.41, 5.74) is -0.661. The van der Waals surface area contributed by atoms with E-state index in [1.165, 1.54) is 49.7 Å². The number of aryl methyl sites for hydroxylation is 1. The van der Waals surface area contributed by atoms with Gasteiger partial charge in [-0.15, -0.1) is 0 Å². The summed E-state index contributed by atoms with van der Waals surface area (Å²) in [5.74, 6) is -2.79. The van der Waals surface area contributed by atoms with Crippen molar-refractivity contribution in [3.8, 4) is 23.0 Å². The Morgan fingerprint density at radius 3 is 2.41 bits per heavy atom. The highest BCUT2D eigenvalue weighted by Gasteiger charge is 2.67. The molecule has 2 aliphatic carbocycles. The van der Waals surface area contributed by atoms with Gasteiger partial charge in [-0.05, 0) is 74.4 Å². The zero-order chi connectivity index (χ0) is 42.2. The predicted molar refractivity (Wildman–Crippen MR) is 207 cm³/mol. The number of halogens is 5. The van der Waals surface area contributed by atoms with Gasteiger partial charge in [0.05, 0.1) is 33.9 Å². The van der Waals surface area contributed by atoms with Gasteiger partial charge < -0.3 is 15.3 Å². The number of alkyl halides is 2. The minimum absolute atomic E-state index is 0.0672. The second-order valence-corrected chi connectivity index (χ2v) is 17.4. The Labute approximate surface area is 335 Å². The average Bonchev–Trinajstić information content (AvgIpc) is 3.65. The largest absolute Gasteiger partial charge is 0.378 e. The van der Waals surface area contributed by atoms with E-state index in [9.17, 15) is 31.9 Å². The van der Waals surface area contributed by atoms with Crippen LogP contribution in [0, 0.1) is 29.4 Å². The molecule has 304 valence electrons. The molecule has 0 saturated heterocycles. The van der Waals surface area contributed by atoms with Crippen LogP contribution in [0.3, 0.4) is 0 Å². The van der Waals surface area contributed by atoms with Crippen molar-refractivity contribution in [3.63, 3.8) is 0 Å². The van der Waals surface area contributed by atoms with Crippen molar-refractivity contribution in [1.82, 2.24) is 34.8 Å². The van der Waals surface area contributed by atoms with E-state index in [4.69, 9.17) is 16.6 Å². The molecule has 13 nitrogen and oxygen atoms in total. The minimum Gasteiger partial charge on any atom is -0.378 e. The number of hydrogen-bond donors (Lipinski definition) is 3.